The molecule has 0 radical (unpaired) electrons. The molecule has 0 saturated carbocycles. The van der Waals surface area contributed by atoms with E-state index in [-0.39, 0.29) is 49.1 Å². The predicted octanol–water partition coefficient (Wildman–Crippen LogP) is 7.48. The lowest BCUT2D eigenvalue weighted by Crippen LogP contribution is -2.39. The summed E-state index contributed by atoms with van der Waals surface area (Å²) in [7, 11) is 0. The van der Waals surface area contributed by atoms with Crippen LogP contribution in [-0.2, 0) is 33.4 Å². The summed E-state index contributed by atoms with van der Waals surface area (Å²) in [4.78, 5) is 49.1. The molecule has 1 saturated heterocycles. The zero-order chi connectivity index (χ0) is 32.4. The minimum absolute atomic E-state index is 0.00861. The number of hydrogen-bond donors (Lipinski definition) is 1. The molecule has 0 bridgehead atoms. The van der Waals surface area contributed by atoms with Gasteiger partial charge in [-0.3, -0.25) is 19.2 Å². The summed E-state index contributed by atoms with van der Waals surface area (Å²) in [5, 5.41) is 11.4. The van der Waals surface area contributed by atoms with Crippen molar-refractivity contribution >= 4 is 23.3 Å². The largest absolute Gasteiger partial charge is 0.498 e. The number of ether oxygens (including phenoxy) is 3. The van der Waals surface area contributed by atoms with E-state index in [0.29, 0.717) is 25.7 Å². The number of allylic oxidation sites excluding steroid dienone is 5. The molecular weight excluding hydrogens is 572 g/mol. The quantitative estimate of drug-likeness (QED) is 0.0891. The van der Waals surface area contributed by atoms with E-state index in [4.69, 9.17) is 14.2 Å². The molecule has 3 rings (SSSR count). The monoisotopic (exact) mass is 626 g/mol. The number of unbranched alkanes of at least 4 members (excludes halogenated alkanes) is 10. The highest BCUT2D eigenvalue weighted by atomic mass is 16.6. The van der Waals surface area contributed by atoms with Gasteiger partial charge in [0.15, 0.2) is 17.4 Å². The first-order valence-electron chi connectivity index (χ1n) is 17.3. The molecule has 8 heteroatoms. The van der Waals surface area contributed by atoms with Gasteiger partial charge in [0.05, 0.1) is 6.26 Å². The Morgan fingerprint density at radius 1 is 0.911 bits per heavy atom. The van der Waals surface area contributed by atoms with Gasteiger partial charge >= 0.3 is 5.97 Å². The van der Waals surface area contributed by atoms with E-state index >= 15 is 0 Å². The summed E-state index contributed by atoms with van der Waals surface area (Å²) in [5.41, 5.74) is -0.885. The first-order chi connectivity index (χ1) is 21.7. The molecule has 0 aromatic heterocycles. The molecule has 0 amide bonds. The van der Waals surface area contributed by atoms with Crippen LogP contribution >= 0.6 is 0 Å². The van der Waals surface area contributed by atoms with E-state index in [1.165, 1.54) is 81.9 Å². The highest BCUT2D eigenvalue weighted by molar-refractivity contribution is 6.00. The Morgan fingerprint density at radius 3 is 2.24 bits per heavy atom. The summed E-state index contributed by atoms with van der Waals surface area (Å²) in [6, 6.07) is 0. The second-order valence-electron chi connectivity index (χ2n) is 12.9. The van der Waals surface area contributed by atoms with Crippen molar-refractivity contribution in [2.75, 3.05) is 0 Å². The Labute approximate surface area is 269 Å². The number of aliphatic hydroxyl groups is 1. The van der Waals surface area contributed by atoms with Crippen molar-refractivity contribution in [2.24, 2.45) is 0 Å². The van der Waals surface area contributed by atoms with Crippen LogP contribution in [-0.4, -0.2) is 52.0 Å². The van der Waals surface area contributed by atoms with E-state index in [1.807, 2.05) is 6.08 Å². The lowest BCUT2D eigenvalue weighted by molar-refractivity contribution is -0.220. The number of Topliss-reactive ketones (excluding diaryl/α,β-unsaturated/α-hetero) is 1. The molecule has 2 unspecified atom stereocenters. The fraction of sp³-hybridized carbons (Fsp3) is 0.676. The lowest BCUT2D eigenvalue weighted by Gasteiger charge is -2.32. The van der Waals surface area contributed by atoms with Crippen LogP contribution in [0.25, 0.3) is 0 Å². The molecule has 3 aliphatic rings. The van der Waals surface area contributed by atoms with E-state index in [2.05, 4.69) is 6.92 Å². The fourth-order valence-electron chi connectivity index (χ4n) is 6.25. The van der Waals surface area contributed by atoms with Gasteiger partial charge in [-0.05, 0) is 62.5 Å². The minimum atomic E-state index is -1.59. The predicted molar refractivity (Wildman–Crippen MR) is 173 cm³/mol. The molecular formula is C37H54O8. The van der Waals surface area contributed by atoms with Crippen molar-refractivity contribution in [2.45, 2.75) is 159 Å². The molecule has 1 aliphatic carbocycles. The van der Waals surface area contributed by atoms with Crippen molar-refractivity contribution in [3.8, 4) is 0 Å². The van der Waals surface area contributed by atoms with Gasteiger partial charge in [-0.1, -0.05) is 77.2 Å². The van der Waals surface area contributed by atoms with Gasteiger partial charge in [-0.15, -0.1) is 0 Å². The molecule has 8 nitrogen and oxygen atoms in total. The van der Waals surface area contributed by atoms with E-state index < -0.39 is 23.5 Å². The molecule has 250 valence electrons. The maximum absolute atomic E-state index is 12.9. The van der Waals surface area contributed by atoms with Crippen molar-refractivity contribution in [3.63, 3.8) is 0 Å². The Balaban J connectivity index is 1.49. The zero-order valence-corrected chi connectivity index (χ0v) is 27.2. The second-order valence-corrected chi connectivity index (χ2v) is 12.9. The molecule has 1 N–H and O–H groups in total. The molecule has 2 aliphatic heterocycles. The van der Waals surface area contributed by atoms with Crippen molar-refractivity contribution in [1.29, 1.82) is 0 Å². The summed E-state index contributed by atoms with van der Waals surface area (Å²) in [5.74, 6) is -2.67. The van der Waals surface area contributed by atoms with Crippen LogP contribution < -0.4 is 0 Å². The van der Waals surface area contributed by atoms with Gasteiger partial charge in [0.25, 0.3) is 0 Å². The smallest absolute Gasteiger partial charge is 0.313 e. The minimum Gasteiger partial charge on any atom is -0.498 e. The van der Waals surface area contributed by atoms with Crippen molar-refractivity contribution in [3.05, 3.63) is 48.8 Å². The molecule has 0 aromatic carbocycles. The topological polar surface area (TPSA) is 116 Å². The molecule has 0 aromatic rings. The van der Waals surface area contributed by atoms with Crippen LogP contribution in [0.15, 0.2) is 48.8 Å². The van der Waals surface area contributed by atoms with E-state index in [1.54, 1.807) is 12.2 Å². The lowest BCUT2D eigenvalue weighted by atomic mass is 9.93. The van der Waals surface area contributed by atoms with Crippen LogP contribution in [0.4, 0.5) is 0 Å². The van der Waals surface area contributed by atoms with Crippen LogP contribution in [0.3, 0.4) is 0 Å². The number of carbonyl (C=O) groups excluding carboxylic acids is 4. The third kappa shape index (κ3) is 14.4. The van der Waals surface area contributed by atoms with E-state index in [9.17, 15) is 24.3 Å². The van der Waals surface area contributed by atoms with Gasteiger partial charge in [0.1, 0.15) is 30.0 Å². The van der Waals surface area contributed by atoms with Gasteiger partial charge in [0.2, 0.25) is 0 Å². The highest BCUT2D eigenvalue weighted by Crippen LogP contribution is 2.42. The number of carbonyl (C=O) groups is 4. The Bertz CT molecular complexity index is 1070. The zero-order valence-electron chi connectivity index (χ0n) is 27.2. The number of esters is 1. The SMILES string of the molecule is CCCCCCCCCCCCCC(=O)CC(=O)OC(CC1CCC/C=C\C(=O)/C=C\O1)C[C@@]1(O)CCC2(C=CC(=O)C=C2)O1. The average Bonchev–Trinajstić information content (AvgIpc) is 3.32. The van der Waals surface area contributed by atoms with Crippen LogP contribution in [0.5, 0.6) is 0 Å². The summed E-state index contributed by atoms with van der Waals surface area (Å²) in [6.45, 7) is 2.23. The van der Waals surface area contributed by atoms with Gasteiger partial charge in [0, 0.05) is 31.8 Å². The Morgan fingerprint density at radius 2 is 1.56 bits per heavy atom. The molecule has 2 heterocycles. The van der Waals surface area contributed by atoms with Crippen molar-refractivity contribution in [1.82, 2.24) is 0 Å². The first-order valence-corrected chi connectivity index (χ1v) is 17.3. The number of rotatable bonds is 19. The number of ketones is 3. The average molecular weight is 627 g/mol. The first kappa shape index (κ1) is 36.6. The Hall–Kier alpha value is -2.84. The standard InChI is InChI=1S/C37H54O8/c1-2-3-4-5-6-7-8-9-10-11-13-17-32(40)27-35(41)44-34(28-33-18-15-12-14-16-30(38)21-26-43-33)29-37(42)25-24-36(45-37)22-19-31(39)20-23-36/h14,16,19-23,26,33-34,42H,2-13,15,17-18,24-25,27-29H2,1H3/b16-14-,26-21-/t33?,34?,37-/m1/s1. The fourth-order valence-corrected chi connectivity index (χ4v) is 6.25. The second kappa shape index (κ2) is 19.6. The van der Waals surface area contributed by atoms with Gasteiger partial charge in [-0.2, -0.15) is 0 Å². The van der Waals surface area contributed by atoms with Crippen LogP contribution in [0, 0.1) is 0 Å². The van der Waals surface area contributed by atoms with Crippen molar-refractivity contribution < 1.29 is 38.5 Å². The van der Waals surface area contributed by atoms with Crippen LogP contribution in [0.2, 0.25) is 0 Å². The van der Waals surface area contributed by atoms with Gasteiger partial charge < -0.3 is 19.3 Å². The summed E-state index contributed by atoms with van der Waals surface area (Å²) in [6.07, 6.45) is 27.4. The maximum Gasteiger partial charge on any atom is 0.313 e. The Kier molecular flexibility index (Phi) is 16.0. The summed E-state index contributed by atoms with van der Waals surface area (Å²) < 4.78 is 17.8. The highest BCUT2D eigenvalue weighted by Gasteiger charge is 2.48. The normalized spacial score (nSPS) is 24.7. The molecule has 3 atom stereocenters. The molecule has 45 heavy (non-hydrogen) atoms. The summed E-state index contributed by atoms with van der Waals surface area (Å²) >= 11 is 0. The third-order valence-electron chi connectivity index (χ3n) is 8.80. The van der Waals surface area contributed by atoms with Crippen LogP contribution in [0.1, 0.15) is 135 Å². The van der Waals surface area contributed by atoms with Gasteiger partial charge in [-0.25, -0.2) is 0 Å². The molecule has 1 fully saturated rings. The molecule has 1 spiro atoms. The maximum atomic E-state index is 12.9. The third-order valence-corrected chi connectivity index (χ3v) is 8.80. The number of hydrogen-bond acceptors (Lipinski definition) is 8. The van der Waals surface area contributed by atoms with E-state index in [0.717, 1.165) is 25.7 Å².